The van der Waals surface area contributed by atoms with Gasteiger partial charge in [-0.05, 0) is 49.3 Å². The van der Waals surface area contributed by atoms with Crippen molar-refractivity contribution in [1.29, 1.82) is 0 Å². The van der Waals surface area contributed by atoms with Crippen LogP contribution in [-0.4, -0.2) is 34.0 Å². The fourth-order valence-corrected chi connectivity index (χ4v) is 3.99. The molecule has 2 N–H and O–H groups in total. The Morgan fingerprint density at radius 3 is 2.67 bits per heavy atom. The van der Waals surface area contributed by atoms with Crippen LogP contribution < -0.4 is 5.32 Å². The molecule has 0 radical (unpaired) electrons. The number of nitrogens with one attached hydrogen (secondary N) is 1. The van der Waals surface area contributed by atoms with Gasteiger partial charge in [-0.15, -0.1) is 0 Å². The summed E-state index contributed by atoms with van der Waals surface area (Å²) >= 11 is 1.89. The number of hydrogen-bond donors (Lipinski definition) is 2. The summed E-state index contributed by atoms with van der Waals surface area (Å²) in [7, 11) is 0. The Hall–Kier alpha value is -1.49. The summed E-state index contributed by atoms with van der Waals surface area (Å²) in [4.78, 5) is 23.4. The fraction of sp³-hybridized carbons (Fsp3) is 0.500. The normalized spacial score (nSPS) is 21.2. The highest BCUT2D eigenvalue weighted by Gasteiger charge is 2.28. The zero-order valence-corrected chi connectivity index (χ0v) is 13.2. The largest absolute Gasteiger partial charge is 0.478 e. The van der Waals surface area contributed by atoms with E-state index in [0.29, 0.717) is 10.8 Å². The first-order chi connectivity index (χ1) is 10.0. The van der Waals surface area contributed by atoms with Gasteiger partial charge < -0.3 is 10.4 Å². The summed E-state index contributed by atoms with van der Waals surface area (Å²) < 4.78 is 0. The molecular formula is C16H21NO3S. The molecule has 0 spiro atoms. The van der Waals surface area contributed by atoms with Crippen LogP contribution in [0.5, 0.6) is 0 Å². The van der Waals surface area contributed by atoms with Gasteiger partial charge in [-0.3, -0.25) is 4.79 Å². The lowest BCUT2D eigenvalue weighted by atomic mass is 10.1. The third-order valence-corrected chi connectivity index (χ3v) is 5.06. The van der Waals surface area contributed by atoms with Crippen molar-refractivity contribution >= 4 is 23.6 Å². The van der Waals surface area contributed by atoms with E-state index in [1.54, 1.807) is 19.1 Å². The van der Waals surface area contributed by atoms with Gasteiger partial charge in [0, 0.05) is 16.9 Å². The molecular weight excluding hydrogens is 286 g/mol. The molecule has 0 saturated heterocycles. The topological polar surface area (TPSA) is 66.4 Å². The zero-order valence-electron chi connectivity index (χ0n) is 12.4. The molecule has 2 atom stereocenters. The van der Waals surface area contributed by atoms with Crippen molar-refractivity contribution in [2.75, 3.05) is 5.75 Å². The second-order valence-electron chi connectivity index (χ2n) is 5.40. The van der Waals surface area contributed by atoms with Crippen LogP contribution in [0.25, 0.3) is 0 Å². The first kappa shape index (κ1) is 15.9. The Kier molecular flexibility index (Phi) is 5.28. The van der Waals surface area contributed by atoms with Crippen molar-refractivity contribution in [3.05, 3.63) is 34.9 Å². The third-order valence-electron chi connectivity index (χ3n) is 3.74. The average molecular weight is 307 g/mol. The highest BCUT2D eigenvalue weighted by molar-refractivity contribution is 7.99. The molecule has 114 valence electrons. The van der Waals surface area contributed by atoms with Gasteiger partial charge in [-0.2, -0.15) is 11.8 Å². The molecule has 2 rings (SSSR count). The Labute approximate surface area is 129 Å². The highest BCUT2D eigenvalue weighted by Crippen LogP contribution is 2.30. The molecule has 0 bridgehead atoms. The van der Waals surface area contributed by atoms with E-state index in [-0.39, 0.29) is 17.5 Å². The van der Waals surface area contributed by atoms with Gasteiger partial charge in [-0.25, -0.2) is 4.79 Å². The van der Waals surface area contributed by atoms with Gasteiger partial charge in [0.15, 0.2) is 0 Å². The number of rotatable bonds is 5. The van der Waals surface area contributed by atoms with Gasteiger partial charge in [0.25, 0.3) is 5.91 Å². The molecule has 5 heteroatoms. The number of carboxylic acid groups (broad SMARTS) is 1. The highest BCUT2D eigenvalue weighted by atomic mass is 32.2. The van der Waals surface area contributed by atoms with Crippen molar-refractivity contribution in [2.24, 2.45) is 0 Å². The van der Waals surface area contributed by atoms with Crippen molar-refractivity contribution in [1.82, 2.24) is 5.32 Å². The van der Waals surface area contributed by atoms with Crippen molar-refractivity contribution < 1.29 is 14.7 Å². The van der Waals surface area contributed by atoms with E-state index < -0.39 is 5.97 Å². The second-order valence-corrected chi connectivity index (χ2v) is 6.91. The number of carboxylic acids is 1. The predicted molar refractivity (Wildman–Crippen MR) is 85.2 cm³/mol. The van der Waals surface area contributed by atoms with Crippen molar-refractivity contribution in [2.45, 2.75) is 44.4 Å². The molecule has 21 heavy (non-hydrogen) atoms. The number of amides is 1. The molecule has 0 heterocycles. The number of aryl methyl sites for hydroxylation is 1. The maximum absolute atomic E-state index is 12.4. The van der Waals surface area contributed by atoms with Crippen molar-refractivity contribution in [3.63, 3.8) is 0 Å². The lowest BCUT2D eigenvalue weighted by Crippen LogP contribution is -2.38. The van der Waals surface area contributed by atoms with Gasteiger partial charge >= 0.3 is 5.97 Å². The summed E-state index contributed by atoms with van der Waals surface area (Å²) in [5.74, 6) is -0.132. The SMILES string of the molecule is CCSC1CCCC1NC(=O)c1cc(C)cc(C(=O)O)c1. The Balaban J connectivity index is 2.11. The van der Waals surface area contributed by atoms with Crippen molar-refractivity contribution in [3.8, 4) is 0 Å². The number of aromatic carboxylic acids is 1. The molecule has 1 fully saturated rings. The molecule has 4 nitrogen and oxygen atoms in total. The van der Waals surface area contributed by atoms with E-state index in [0.717, 1.165) is 30.6 Å². The molecule has 0 aliphatic heterocycles. The van der Waals surface area contributed by atoms with Crippen LogP contribution in [0, 0.1) is 6.92 Å². The Morgan fingerprint density at radius 2 is 2.00 bits per heavy atom. The molecule has 1 aliphatic carbocycles. The minimum absolute atomic E-state index is 0.158. The zero-order chi connectivity index (χ0) is 15.4. The summed E-state index contributed by atoms with van der Waals surface area (Å²) in [6.07, 6.45) is 3.27. The number of carbonyl (C=O) groups excluding carboxylic acids is 1. The number of hydrogen-bond acceptors (Lipinski definition) is 3. The van der Waals surface area contributed by atoms with Crippen LogP contribution in [0.15, 0.2) is 18.2 Å². The first-order valence-corrected chi connectivity index (χ1v) is 8.33. The third kappa shape index (κ3) is 4.00. The van der Waals surface area contributed by atoms with Crippen LogP contribution in [0.1, 0.15) is 52.5 Å². The first-order valence-electron chi connectivity index (χ1n) is 7.28. The summed E-state index contributed by atoms with van der Waals surface area (Å²) in [6.45, 7) is 3.93. The Morgan fingerprint density at radius 1 is 1.29 bits per heavy atom. The van der Waals surface area contributed by atoms with E-state index >= 15 is 0 Å². The lowest BCUT2D eigenvalue weighted by Gasteiger charge is -2.20. The average Bonchev–Trinajstić information content (AvgIpc) is 2.85. The molecule has 1 saturated carbocycles. The van der Waals surface area contributed by atoms with Gasteiger partial charge in [-0.1, -0.05) is 13.3 Å². The van der Waals surface area contributed by atoms with E-state index in [2.05, 4.69) is 12.2 Å². The molecule has 1 aromatic rings. The smallest absolute Gasteiger partial charge is 0.335 e. The van der Waals surface area contributed by atoms with Gasteiger partial charge in [0.05, 0.1) is 5.56 Å². The predicted octanol–water partition coefficient (Wildman–Crippen LogP) is 3.10. The summed E-state index contributed by atoms with van der Waals surface area (Å²) in [6, 6.07) is 4.95. The number of thioether (sulfide) groups is 1. The monoisotopic (exact) mass is 307 g/mol. The van der Waals surface area contributed by atoms with Crippen LogP contribution >= 0.6 is 11.8 Å². The number of carbonyl (C=O) groups is 2. The van der Waals surface area contributed by atoms with Crippen LogP contribution in [0.2, 0.25) is 0 Å². The maximum Gasteiger partial charge on any atom is 0.335 e. The van der Waals surface area contributed by atoms with E-state index in [1.807, 2.05) is 11.8 Å². The van der Waals surface area contributed by atoms with E-state index in [4.69, 9.17) is 5.11 Å². The van der Waals surface area contributed by atoms with Crippen LogP contribution in [0.4, 0.5) is 0 Å². The minimum Gasteiger partial charge on any atom is -0.478 e. The molecule has 0 aromatic heterocycles. The fourth-order valence-electron chi connectivity index (χ4n) is 2.79. The number of benzene rings is 1. The molecule has 2 unspecified atom stereocenters. The minimum atomic E-state index is -1.01. The standard InChI is InChI=1S/C16H21NO3S/c1-3-21-14-6-4-5-13(14)17-15(18)11-7-10(2)8-12(9-11)16(19)20/h7-9,13-14H,3-6H2,1-2H3,(H,17,18)(H,19,20). The molecule has 1 aromatic carbocycles. The van der Waals surface area contributed by atoms with E-state index in [9.17, 15) is 9.59 Å². The summed E-state index contributed by atoms with van der Waals surface area (Å²) in [5.41, 5.74) is 1.37. The summed E-state index contributed by atoms with van der Waals surface area (Å²) in [5, 5.41) is 12.6. The van der Waals surface area contributed by atoms with Gasteiger partial charge in [0.2, 0.25) is 0 Å². The molecule has 1 amide bonds. The quantitative estimate of drug-likeness (QED) is 0.877. The van der Waals surface area contributed by atoms with Crippen LogP contribution in [-0.2, 0) is 0 Å². The van der Waals surface area contributed by atoms with E-state index in [1.165, 1.54) is 6.07 Å². The molecule has 1 aliphatic rings. The second kappa shape index (κ2) is 6.98. The maximum atomic E-state index is 12.4. The van der Waals surface area contributed by atoms with Gasteiger partial charge in [0.1, 0.15) is 0 Å². The van der Waals surface area contributed by atoms with Crippen LogP contribution in [0.3, 0.4) is 0 Å². The Bertz CT molecular complexity index is 544. The lowest BCUT2D eigenvalue weighted by molar-refractivity contribution is 0.0696.